The van der Waals surface area contributed by atoms with Crippen LogP contribution in [-0.2, 0) is 26.7 Å². The average molecular weight is 746 g/mol. The minimum absolute atomic E-state index is 0. The molecule has 0 saturated carbocycles. The summed E-state index contributed by atoms with van der Waals surface area (Å²) < 4.78 is 0. The molecule has 7 nitrogen and oxygen atoms in total. The number of aliphatic carboxylic acids is 2. The van der Waals surface area contributed by atoms with Crippen molar-refractivity contribution in [1.29, 1.82) is 0 Å². The molecule has 0 saturated heterocycles. The molecular formula is C41H79CuNO6. The van der Waals surface area contributed by atoms with E-state index < -0.39 is 18.0 Å². The normalized spacial score (nSPS) is 11.6. The molecule has 0 aliphatic carbocycles. The maximum Gasteiger partial charge on any atom is 2.00 e. The van der Waals surface area contributed by atoms with Gasteiger partial charge in [-0.15, -0.1) is 0 Å². The molecule has 1 atom stereocenters. The number of hydrogen-bond donors (Lipinski definition) is 2. The van der Waals surface area contributed by atoms with Crippen molar-refractivity contribution >= 4 is 11.9 Å². The van der Waals surface area contributed by atoms with E-state index in [1.165, 1.54) is 128 Å². The van der Waals surface area contributed by atoms with Gasteiger partial charge in [0.1, 0.15) is 0 Å². The minimum Gasteiger partial charge on any atom is -0.550 e. The Morgan fingerprint density at radius 3 is 1.02 bits per heavy atom. The van der Waals surface area contributed by atoms with E-state index in [1.54, 1.807) is 0 Å². The Morgan fingerprint density at radius 1 is 0.531 bits per heavy atom. The van der Waals surface area contributed by atoms with Gasteiger partial charge in [0.2, 0.25) is 0 Å². The fourth-order valence-corrected chi connectivity index (χ4v) is 5.16. The SMILES string of the molecule is CCCCCCCC/C=C\CCCCCCCC(=O)[O-].CCCCCCCC/C=C\CCCCCCCC(=O)[O-].CN(C)CC(O)CO.[Cu+2]. The van der Waals surface area contributed by atoms with Crippen LogP contribution in [0.2, 0.25) is 0 Å². The maximum absolute atomic E-state index is 10.2. The second kappa shape index (κ2) is 48.9. The van der Waals surface area contributed by atoms with Crippen molar-refractivity contribution in [2.24, 2.45) is 0 Å². The first-order chi connectivity index (χ1) is 23.2. The predicted molar refractivity (Wildman–Crippen MR) is 201 cm³/mol. The third-order valence-electron chi connectivity index (χ3n) is 8.07. The molecule has 0 heterocycles. The van der Waals surface area contributed by atoms with E-state index in [2.05, 4.69) is 38.2 Å². The van der Waals surface area contributed by atoms with Crippen LogP contribution in [0.1, 0.15) is 194 Å². The summed E-state index contributed by atoms with van der Waals surface area (Å²) in [5.41, 5.74) is 0. The number of likely N-dealkylation sites (N-methyl/N-ethyl adjacent to an activating group) is 1. The molecule has 0 spiro atoms. The van der Waals surface area contributed by atoms with E-state index in [1.807, 2.05) is 19.0 Å². The molecular weight excluding hydrogens is 666 g/mol. The number of carbonyl (C=O) groups excluding carboxylic acids is 2. The van der Waals surface area contributed by atoms with E-state index in [0.717, 1.165) is 38.5 Å². The molecule has 2 N–H and O–H groups in total. The summed E-state index contributed by atoms with van der Waals surface area (Å²) in [5.74, 6) is -1.83. The van der Waals surface area contributed by atoms with Crippen LogP contribution >= 0.6 is 0 Å². The summed E-state index contributed by atoms with van der Waals surface area (Å²) in [6, 6.07) is 0. The molecule has 0 bridgehead atoms. The molecule has 295 valence electrons. The second-order valence-electron chi connectivity index (χ2n) is 13.5. The van der Waals surface area contributed by atoms with Crippen LogP contribution in [-0.4, -0.2) is 60.4 Å². The topological polar surface area (TPSA) is 124 Å². The van der Waals surface area contributed by atoms with E-state index in [9.17, 15) is 19.8 Å². The van der Waals surface area contributed by atoms with Crippen molar-refractivity contribution in [2.75, 3.05) is 27.2 Å². The van der Waals surface area contributed by atoms with Gasteiger partial charge in [-0.2, -0.15) is 0 Å². The average Bonchev–Trinajstić information content (AvgIpc) is 3.04. The summed E-state index contributed by atoms with van der Waals surface area (Å²) in [7, 11) is 3.69. The van der Waals surface area contributed by atoms with Crippen LogP contribution in [0.25, 0.3) is 0 Å². The van der Waals surface area contributed by atoms with Gasteiger partial charge in [-0.1, -0.05) is 141 Å². The van der Waals surface area contributed by atoms with Crippen LogP contribution in [0.4, 0.5) is 0 Å². The van der Waals surface area contributed by atoms with Gasteiger partial charge in [0.05, 0.1) is 12.7 Å². The summed E-state index contributed by atoms with van der Waals surface area (Å²) in [6.45, 7) is 4.88. The van der Waals surface area contributed by atoms with E-state index >= 15 is 0 Å². The Bertz CT molecular complexity index is 651. The van der Waals surface area contributed by atoms with E-state index in [-0.39, 0.29) is 36.5 Å². The smallest absolute Gasteiger partial charge is 0.550 e. The van der Waals surface area contributed by atoms with Crippen LogP contribution in [0, 0.1) is 0 Å². The zero-order valence-electron chi connectivity index (χ0n) is 32.4. The number of unbranched alkanes of at least 4 members (excludes halogenated alkanes) is 22. The number of aliphatic hydroxyl groups excluding tert-OH is 2. The van der Waals surface area contributed by atoms with Crippen molar-refractivity contribution in [3.05, 3.63) is 24.3 Å². The first-order valence-corrected chi connectivity index (χ1v) is 19.8. The molecule has 49 heavy (non-hydrogen) atoms. The van der Waals surface area contributed by atoms with E-state index in [0.29, 0.717) is 6.54 Å². The van der Waals surface area contributed by atoms with Gasteiger partial charge >= 0.3 is 17.1 Å². The minimum atomic E-state index is -0.914. The number of allylic oxidation sites excluding steroid dienone is 4. The number of aliphatic hydroxyl groups is 2. The number of hydrogen-bond acceptors (Lipinski definition) is 7. The van der Waals surface area contributed by atoms with Crippen molar-refractivity contribution in [3.8, 4) is 0 Å². The molecule has 0 rings (SSSR count). The number of rotatable bonds is 33. The molecule has 0 aromatic rings. The maximum atomic E-state index is 10.2. The number of carboxylic acids is 2. The third kappa shape index (κ3) is 62.4. The monoisotopic (exact) mass is 745 g/mol. The zero-order valence-corrected chi connectivity index (χ0v) is 33.3. The van der Waals surface area contributed by atoms with Gasteiger partial charge < -0.3 is 34.9 Å². The first kappa shape index (κ1) is 54.6. The van der Waals surface area contributed by atoms with Gasteiger partial charge in [-0.3, -0.25) is 0 Å². The van der Waals surface area contributed by atoms with Crippen molar-refractivity contribution < 1.29 is 47.1 Å². The Hall–Kier alpha value is -1.18. The van der Waals surface area contributed by atoms with Crippen LogP contribution in [0.15, 0.2) is 24.3 Å². The zero-order chi connectivity index (χ0) is 36.4. The van der Waals surface area contributed by atoms with Gasteiger partial charge in [0.25, 0.3) is 0 Å². The number of carboxylic acid groups (broad SMARTS) is 2. The van der Waals surface area contributed by atoms with Gasteiger partial charge in [-0.05, 0) is 91.1 Å². The van der Waals surface area contributed by atoms with Gasteiger partial charge in [0, 0.05) is 18.5 Å². The summed E-state index contributed by atoms with van der Waals surface area (Å²) in [6.07, 6.45) is 41.2. The Kier molecular flexibility index (Phi) is 54.5. The van der Waals surface area contributed by atoms with Crippen molar-refractivity contribution in [2.45, 2.75) is 200 Å². The molecule has 0 aliphatic rings. The standard InChI is InChI=1S/2C18H34O2.C5H13NO2.Cu/c2*1-2-3-4-5-6-7-8-9-10-11-12-13-14-15-16-17-18(19)20;1-6(2)3-5(8)4-7;/h2*9-10H,2-8,11-17H2,1H3,(H,19,20);5,7-8H,3-4H2,1-2H3;/q;;;+2/p-2/b2*10-9-;;. The van der Waals surface area contributed by atoms with Crippen LogP contribution in [0.3, 0.4) is 0 Å². The van der Waals surface area contributed by atoms with Gasteiger partial charge in [-0.25, -0.2) is 0 Å². The van der Waals surface area contributed by atoms with Crippen LogP contribution in [0.5, 0.6) is 0 Å². The molecule has 1 radical (unpaired) electrons. The summed E-state index contributed by atoms with van der Waals surface area (Å²) in [5, 5.41) is 37.5. The summed E-state index contributed by atoms with van der Waals surface area (Å²) >= 11 is 0. The third-order valence-corrected chi connectivity index (χ3v) is 8.07. The number of nitrogens with zero attached hydrogens (tertiary/aromatic N) is 1. The first-order valence-electron chi connectivity index (χ1n) is 19.8. The Labute approximate surface area is 314 Å². The Morgan fingerprint density at radius 2 is 0.796 bits per heavy atom. The van der Waals surface area contributed by atoms with Gasteiger partial charge in [0.15, 0.2) is 0 Å². The van der Waals surface area contributed by atoms with Crippen LogP contribution < -0.4 is 10.2 Å². The fraction of sp³-hybridized carbons (Fsp3) is 0.854. The fourth-order valence-electron chi connectivity index (χ4n) is 5.16. The molecule has 8 heteroatoms. The molecule has 0 amide bonds. The van der Waals surface area contributed by atoms with Crippen molar-refractivity contribution in [3.63, 3.8) is 0 Å². The van der Waals surface area contributed by atoms with Crippen molar-refractivity contribution in [1.82, 2.24) is 4.90 Å². The predicted octanol–water partition coefficient (Wildman–Crippen LogP) is 8.45. The molecule has 0 aromatic heterocycles. The van der Waals surface area contributed by atoms with E-state index in [4.69, 9.17) is 10.2 Å². The number of carbonyl (C=O) groups is 2. The Balaban J connectivity index is -0.000000333. The molecule has 0 fully saturated rings. The molecule has 1 unspecified atom stereocenters. The largest absolute Gasteiger partial charge is 2.00 e. The molecule has 0 aromatic carbocycles. The second-order valence-corrected chi connectivity index (χ2v) is 13.5. The molecule has 0 aliphatic heterocycles. The summed E-state index contributed by atoms with van der Waals surface area (Å²) in [4.78, 5) is 22.2. The quantitative estimate of drug-likeness (QED) is 0.0393.